The van der Waals surface area contributed by atoms with Crippen LogP contribution in [-0.2, 0) is 10.0 Å². The lowest BCUT2D eigenvalue weighted by Gasteiger charge is -2.32. The Hall–Kier alpha value is -0.0900. The van der Waals surface area contributed by atoms with E-state index in [1.807, 2.05) is 0 Å². The van der Waals surface area contributed by atoms with E-state index >= 15 is 0 Å². The molecule has 0 aromatic heterocycles. The van der Waals surface area contributed by atoms with Gasteiger partial charge in [-0.3, -0.25) is 0 Å². The standard InChI is InChI=1S/C6H13NO2S/c1-5-3-6(4-5)7-10(2,8)9/h5-7H,3-4H2,1-2H3. The molecule has 0 atom stereocenters. The van der Waals surface area contributed by atoms with E-state index in [2.05, 4.69) is 11.6 Å². The van der Waals surface area contributed by atoms with Crippen LogP contribution in [0.1, 0.15) is 19.8 Å². The van der Waals surface area contributed by atoms with E-state index in [0.29, 0.717) is 5.92 Å². The van der Waals surface area contributed by atoms with E-state index < -0.39 is 10.0 Å². The second-order valence-corrected chi connectivity index (χ2v) is 4.94. The van der Waals surface area contributed by atoms with Gasteiger partial charge >= 0.3 is 0 Å². The van der Waals surface area contributed by atoms with E-state index in [4.69, 9.17) is 0 Å². The largest absolute Gasteiger partial charge is 0.213 e. The predicted octanol–water partition coefficient (Wildman–Crippen LogP) is 0.334. The maximum atomic E-state index is 10.6. The van der Waals surface area contributed by atoms with Crippen LogP contribution in [0.4, 0.5) is 0 Å². The van der Waals surface area contributed by atoms with Crippen LogP contribution in [0.2, 0.25) is 0 Å². The van der Waals surface area contributed by atoms with Gasteiger partial charge in [-0.05, 0) is 18.8 Å². The van der Waals surface area contributed by atoms with Crippen molar-refractivity contribution in [1.82, 2.24) is 4.72 Å². The topological polar surface area (TPSA) is 46.2 Å². The summed E-state index contributed by atoms with van der Waals surface area (Å²) in [5.74, 6) is 0.694. The minimum Gasteiger partial charge on any atom is -0.213 e. The molecular formula is C6H13NO2S. The molecule has 1 N–H and O–H groups in total. The summed E-state index contributed by atoms with van der Waals surface area (Å²) >= 11 is 0. The molecule has 0 radical (unpaired) electrons. The number of rotatable bonds is 2. The van der Waals surface area contributed by atoms with Crippen LogP contribution >= 0.6 is 0 Å². The highest BCUT2D eigenvalue weighted by Gasteiger charge is 2.27. The van der Waals surface area contributed by atoms with Gasteiger partial charge in [-0.15, -0.1) is 0 Å². The molecule has 0 spiro atoms. The fourth-order valence-corrected chi connectivity index (χ4v) is 2.10. The highest BCUT2D eigenvalue weighted by Crippen LogP contribution is 2.26. The predicted molar refractivity (Wildman–Crippen MR) is 40.2 cm³/mol. The van der Waals surface area contributed by atoms with Crippen LogP contribution < -0.4 is 4.72 Å². The van der Waals surface area contributed by atoms with Crippen molar-refractivity contribution in [1.29, 1.82) is 0 Å². The molecule has 1 rings (SSSR count). The summed E-state index contributed by atoms with van der Waals surface area (Å²) in [5, 5.41) is 0. The van der Waals surface area contributed by atoms with Crippen molar-refractivity contribution in [2.24, 2.45) is 5.92 Å². The maximum absolute atomic E-state index is 10.6. The second-order valence-electron chi connectivity index (χ2n) is 3.16. The quantitative estimate of drug-likeness (QED) is 0.638. The molecule has 0 bridgehead atoms. The fourth-order valence-electron chi connectivity index (χ4n) is 1.30. The molecule has 4 heteroatoms. The Kier molecular flexibility index (Phi) is 2.01. The van der Waals surface area contributed by atoms with Gasteiger partial charge in [-0.2, -0.15) is 0 Å². The Balaban J connectivity index is 2.30. The van der Waals surface area contributed by atoms with Gasteiger partial charge in [0, 0.05) is 6.04 Å². The van der Waals surface area contributed by atoms with Crippen molar-refractivity contribution in [3.63, 3.8) is 0 Å². The number of hydrogen-bond donors (Lipinski definition) is 1. The second kappa shape index (κ2) is 2.51. The number of sulfonamides is 1. The van der Waals surface area contributed by atoms with Crippen LogP contribution in [0.25, 0.3) is 0 Å². The van der Waals surface area contributed by atoms with E-state index in [-0.39, 0.29) is 6.04 Å². The minimum absolute atomic E-state index is 0.213. The van der Waals surface area contributed by atoms with Crippen molar-refractivity contribution in [3.8, 4) is 0 Å². The van der Waals surface area contributed by atoms with Gasteiger partial charge in [0.2, 0.25) is 10.0 Å². The van der Waals surface area contributed by atoms with Gasteiger partial charge in [-0.25, -0.2) is 13.1 Å². The van der Waals surface area contributed by atoms with Gasteiger partial charge in [-0.1, -0.05) is 6.92 Å². The van der Waals surface area contributed by atoms with E-state index in [9.17, 15) is 8.42 Å². The Morgan fingerprint density at radius 1 is 1.40 bits per heavy atom. The van der Waals surface area contributed by atoms with Crippen molar-refractivity contribution in [2.75, 3.05) is 6.26 Å². The molecule has 10 heavy (non-hydrogen) atoms. The highest BCUT2D eigenvalue weighted by molar-refractivity contribution is 7.88. The number of hydrogen-bond acceptors (Lipinski definition) is 2. The third-order valence-electron chi connectivity index (χ3n) is 1.75. The van der Waals surface area contributed by atoms with Crippen LogP contribution in [0.5, 0.6) is 0 Å². The Bertz CT molecular complexity index is 204. The first-order chi connectivity index (χ1) is 4.47. The minimum atomic E-state index is -2.96. The molecule has 1 fully saturated rings. The number of nitrogens with one attached hydrogen (secondary N) is 1. The molecule has 1 saturated carbocycles. The third kappa shape index (κ3) is 2.27. The lowest BCUT2D eigenvalue weighted by molar-refractivity contribution is 0.270. The van der Waals surface area contributed by atoms with Gasteiger partial charge < -0.3 is 0 Å². The van der Waals surface area contributed by atoms with E-state index in [1.165, 1.54) is 6.26 Å². The normalized spacial score (nSPS) is 33.4. The van der Waals surface area contributed by atoms with Crippen LogP contribution in [0.15, 0.2) is 0 Å². The summed E-state index contributed by atoms with van der Waals surface area (Å²) in [5.41, 5.74) is 0. The summed E-state index contributed by atoms with van der Waals surface area (Å²) in [6, 6.07) is 0.213. The fraction of sp³-hybridized carbons (Fsp3) is 1.00. The van der Waals surface area contributed by atoms with Crippen molar-refractivity contribution in [2.45, 2.75) is 25.8 Å². The molecule has 0 unspecified atom stereocenters. The van der Waals surface area contributed by atoms with Crippen LogP contribution in [0, 0.1) is 5.92 Å². The highest BCUT2D eigenvalue weighted by atomic mass is 32.2. The molecule has 1 aliphatic carbocycles. The summed E-state index contributed by atoms with van der Waals surface area (Å²) in [4.78, 5) is 0. The van der Waals surface area contributed by atoms with E-state index in [1.54, 1.807) is 0 Å². The van der Waals surface area contributed by atoms with Crippen molar-refractivity contribution < 1.29 is 8.42 Å². The van der Waals surface area contributed by atoms with E-state index in [0.717, 1.165) is 12.8 Å². The Morgan fingerprint density at radius 2 is 1.90 bits per heavy atom. The summed E-state index contributed by atoms with van der Waals surface area (Å²) < 4.78 is 23.8. The molecule has 0 aromatic rings. The van der Waals surface area contributed by atoms with Gasteiger partial charge in [0.15, 0.2) is 0 Å². The average molecular weight is 163 g/mol. The SMILES string of the molecule is CC1CC(NS(C)(=O)=O)C1. The smallest absolute Gasteiger partial charge is 0.208 e. The summed E-state index contributed by atoms with van der Waals surface area (Å²) in [6.07, 6.45) is 3.19. The summed E-state index contributed by atoms with van der Waals surface area (Å²) in [7, 11) is -2.96. The lowest BCUT2D eigenvalue weighted by Crippen LogP contribution is -2.42. The Labute approximate surface area is 61.9 Å². The maximum Gasteiger partial charge on any atom is 0.208 e. The Morgan fingerprint density at radius 3 is 2.20 bits per heavy atom. The van der Waals surface area contributed by atoms with Crippen LogP contribution in [0.3, 0.4) is 0 Å². The molecule has 3 nitrogen and oxygen atoms in total. The molecule has 0 amide bonds. The zero-order valence-corrected chi connectivity index (χ0v) is 7.11. The van der Waals surface area contributed by atoms with Gasteiger partial charge in [0.05, 0.1) is 6.26 Å². The zero-order valence-electron chi connectivity index (χ0n) is 6.29. The lowest BCUT2D eigenvalue weighted by atomic mass is 9.83. The molecular weight excluding hydrogens is 150 g/mol. The van der Waals surface area contributed by atoms with Crippen molar-refractivity contribution in [3.05, 3.63) is 0 Å². The molecule has 60 valence electrons. The first kappa shape index (κ1) is 8.01. The van der Waals surface area contributed by atoms with Crippen LogP contribution in [-0.4, -0.2) is 20.7 Å². The monoisotopic (exact) mass is 163 g/mol. The molecule has 1 aliphatic rings. The van der Waals surface area contributed by atoms with Gasteiger partial charge in [0.25, 0.3) is 0 Å². The summed E-state index contributed by atoms with van der Waals surface area (Å²) in [6.45, 7) is 2.13. The molecule has 0 heterocycles. The molecule has 0 aliphatic heterocycles. The molecule has 0 saturated heterocycles. The zero-order chi connectivity index (χ0) is 7.78. The van der Waals surface area contributed by atoms with Crippen molar-refractivity contribution >= 4 is 10.0 Å². The average Bonchev–Trinajstić information content (AvgIpc) is 1.57. The molecule has 0 aromatic carbocycles. The first-order valence-electron chi connectivity index (χ1n) is 3.44. The first-order valence-corrected chi connectivity index (χ1v) is 5.34. The third-order valence-corrected chi connectivity index (χ3v) is 2.52. The van der Waals surface area contributed by atoms with Gasteiger partial charge in [0.1, 0.15) is 0 Å².